The number of nitrogens with zero attached hydrogens (tertiary/aromatic N) is 3. The number of benzene rings is 2. The van der Waals surface area contributed by atoms with Crippen LogP contribution in [0.4, 0.5) is 5.69 Å². The van der Waals surface area contributed by atoms with Crippen molar-refractivity contribution in [3.63, 3.8) is 0 Å². The first-order valence-electron chi connectivity index (χ1n) is 12.6. The summed E-state index contributed by atoms with van der Waals surface area (Å²) in [6.07, 6.45) is 5.08. The fraction of sp³-hybridized carbons (Fsp3) is 0.267. The SMILES string of the molecule is C=CCN(CC(=O)N(CCc1ccc(OC)c(OC)c1)Cc1sccc1C)C(=O)/C=C/c1ccc([N+](=O)[O-])cc1. The van der Waals surface area contributed by atoms with E-state index in [2.05, 4.69) is 6.58 Å². The van der Waals surface area contributed by atoms with Crippen LogP contribution in [0.25, 0.3) is 6.08 Å². The molecule has 2 aromatic carbocycles. The van der Waals surface area contributed by atoms with Crippen molar-refractivity contribution >= 4 is 34.9 Å². The van der Waals surface area contributed by atoms with Crippen molar-refractivity contribution in [3.8, 4) is 11.5 Å². The van der Waals surface area contributed by atoms with E-state index in [1.807, 2.05) is 36.6 Å². The Labute approximate surface area is 238 Å². The minimum absolute atomic E-state index is 0.0310. The number of carbonyl (C=O) groups is 2. The highest BCUT2D eigenvalue weighted by molar-refractivity contribution is 7.10. The average Bonchev–Trinajstić information content (AvgIpc) is 3.37. The number of rotatable bonds is 14. The van der Waals surface area contributed by atoms with E-state index >= 15 is 0 Å². The molecule has 10 heteroatoms. The van der Waals surface area contributed by atoms with Crippen LogP contribution in [0.2, 0.25) is 0 Å². The number of amides is 2. The van der Waals surface area contributed by atoms with Crippen molar-refractivity contribution < 1.29 is 24.0 Å². The third-order valence-corrected chi connectivity index (χ3v) is 7.29. The maximum Gasteiger partial charge on any atom is 0.269 e. The lowest BCUT2D eigenvalue weighted by molar-refractivity contribution is -0.384. The van der Waals surface area contributed by atoms with E-state index in [1.165, 1.54) is 23.1 Å². The van der Waals surface area contributed by atoms with Gasteiger partial charge in [-0.25, -0.2) is 0 Å². The Morgan fingerprint density at radius 3 is 2.38 bits per heavy atom. The molecule has 0 unspecified atom stereocenters. The summed E-state index contributed by atoms with van der Waals surface area (Å²) in [6, 6.07) is 13.6. The number of hydrogen-bond donors (Lipinski definition) is 0. The van der Waals surface area contributed by atoms with Gasteiger partial charge in [-0.2, -0.15) is 0 Å². The Kier molecular flexibility index (Phi) is 11.0. The molecule has 2 amide bonds. The molecule has 0 aliphatic carbocycles. The van der Waals surface area contributed by atoms with Gasteiger partial charge in [-0.3, -0.25) is 19.7 Å². The largest absolute Gasteiger partial charge is 0.493 e. The summed E-state index contributed by atoms with van der Waals surface area (Å²) < 4.78 is 10.7. The Hall–Kier alpha value is -4.44. The van der Waals surface area contributed by atoms with Gasteiger partial charge in [0.1, 0.15) is 6.54 Å². The molecule has 0 bridgehead atoms. The average molecular weight is 564 g/mol. The van der Waals surface area contributed by atoms with Crippen LogP contribution in [-0.4, -0.2) is 60.4 Å². The van der Waals surface area contributed by atoms with Gasteiger partial charge in [-0.1, -0.05) is 12.1 Å². The van der Waals surface area contributed by atoms with Crippen molar-refractivity contribution in [2.24, 2.45) is 0 Å². The third kappa shape index (κ3) is 8.28. The standard InChI is InChI=1S/C30H33N3O6S/c1-5-16-31(29(34)13-9-23-6-10-25(11-7-23)33(36)37)21-30(35)32(20-28-22(2)15-18-40-28)17-14-24-8-12-26(38-3)27(19-24)39-4/h5-13,15,18-19H,1,14,16-17,20-21H2,2-4H3/b13-9+. The number of non-ortho nitro benzene ring substituents is 1. The maximum absolute atomic E-state index is 13.6. The van der Waals surface area contributed by atoms with Gasteiger partial charge in [-0.05, 0) is 71.8 Å². The normalized spacial score (nSPS) is 10.8. The van der Waals surface area contributed by atoms with Gasteiger partial charge >= 0.3 is 0 Å². The molecular weight excluding hydrogens is 530 g/mol. The van der Waals surface area contributed by atoms with E-state index in [4.69, 9.17) is 9.47 Å². The molecule has 1 aromatic heterocycles. The predicted molar refractivity (Wildman–Crippen MR) is 157 cm³/mol. The number of ether oxygens (including phenoxy) is 2. The van der Waals surface area contributed by atoms with E-state index in [-0.39, 0.29) is 30.6 Å². The van der Waals surface area contributed by atoms with Crippen molar-refractivity contribution in [2.45, 2.75) is 19.9 Å². The number of aryl methyl sites for hydroxylation is 1. The number of thiophene rings is 1. The monoisotopic (exact) mass is 563 g/mol. The van der Waals surface area contributed by atoms with Gasteiger partial charge in [0.05, 0.1) is 25.7 Å². The van der Waals surface area contributed by atoms with Crippen LogP contribution in [0.3, 0.4) is 0 Å². The fourth-order valence-corrected chi connectivity index (χ4v) is 4.88. The molecule has 0 atom stereocenters. The van der Waals surface area contributed by atoms with Crippen molar-refractivity contribution in [3.05, 3.63) is 104 Å². The summed E-state index contributed by atoms with van der Waals surface area (Å²) in [5.74, 6) is 0.703. The molecule has 9 nitrogen and oxygen atoms in total. The molecule has 0 saturated carbocycles. The Morgan fingerprint density at radius 2 is 1.77 bits per heavy atom. The topological polar surface area (TPSA) is 102 Å². The van der Waals surface area contributed by atoms with Crippen LogP contribution in [0, 0.1) is 17.0 Å². The first kappa shape index (κ1) is 30.1. The van der Waals surface area contributed by atoms with Gasteiger partial charge in [-0.15, -0.1) is 17.9 Å². The predicted octanol–water partition coefficient (Wildman–Crippen LogP) is 5.28. The molecule has 1 heterocycles. The molecule has 210 valence electrons. The molecule has 0 N–H and O–H groups in total. The first-order valence-corrected chi connectivity index (χ1v) is 13.5. The Balaban J connectivity index is 1.74. The summed E-state index contributed by atoms with van der Waals surface area (Å²) >= 11 is 1.59. The molecular formula is C30H33N3O6S. The smallest absolute Gasteiger partial charge is 0.269 e. The lowest BCUT2D eigenvalue weighted by atomic mass is 10.1. The summed E-state index contributed by atoms with van der Waals surface area (Å²) in [6.45, 7) is 6.70. The van der Waals surface area contributed by atoms with E-state index in [0.717, 1.165) is 16.0 Å². The second-order valence-corrected chi connectivity index (χ2v) is 9.97. The zero-order valence-corrected chi connectivity index (χ0v) is 23.7. The highest BCUT2D eigenvalue weighted by Gasteiger charge is 2.21. The summed E-state index contributed by atoms with van der Waals surface area (Å²) in [7, 11) is 3.16. The number of hydrogen-bond acceptors (Lipinski definition) is 7. The van der Waals surface area contributed by atoms with Crippen LogP contribution < -0.4 is 9.47 Å². The molecule has 0 fully saturated rings. The van der Waals surface area contributed by atoms with Gasteiger partial charge in [0, 0.05) is 36.2 Å². The molecule has 0 aliphatic heterocycles. The molecule has 0 spiro atoms. The fourth-order valence-electron chi connectivity index (χ4n) is 3.96. The highest BCUT2D eigenvalue weighted by Crippen LogP contribution is 2.28. The minimum Gasteiger partial charge on any atom is -0.493 e. The van der Waals surface area contributed by atoms with Crippen molar-refractivity contribution in [1.29, 1.82) is 0 Å². The number of carbonyl (C=O) groups excluding carboxylic acids is 2. The maximum atomic E-state index is 13.6. The number of nitro groups is 1. The summed E-state index contributed by atoms with van der Waals surface area (Å²) in [5.41, 5.74) is 2.70. The van der Waals surface area contributed by atoms with Gasteiger partial charge in [0.25, 0.3) is 5.69 Å². The molecule has 0 aliphatic rings. The van der Waals surface area contributed by atoms with Crippen molar-refractivity contribution in [1.82, 2.24) is 9.80 Å². The van der Waals surface area contributed by atoms with Crippen molar-refractivity contribution in [2.75, 3.05) is 33.9 Å². The van der Waals surface area contributed by atoms with E-state index < -0.39 is 4.92 Å². The Morgan fingerprint density at radius 1 is 1.05 bits per heavy atom. The minimum atomic E-state index is -0.481. The second kappa shape index (κ2) is 14.6. The second-order valence-electron chi connectivity index (χ2n) is 8.97. The van der Waals surface area contributed by atoms with Crippen LogP contribution in [0.1, 0.15) is 21.6 Å². The van der Waals surface area contributed by atoms with E-state index in [0.29, 0.717) is 36.6 Å². The van der Waals surface area contributed by atoms with Gasteiger partial charge in [0.2, 0.25) is 11.8 Å². The molecule has 0 saturated heterocycles. The third-order valence-electron chi connectivity index (χ3n) is 6.28. The van der Waals surface area contributed by atoms with Crippen LogP contribution >= 0.6 is 11.3 Å². The van der Waals surface area contributed by atoms with Gasteiger partial charge < -0.3 is 19.3 Å². The van der Waals surface area contributed by atoms with Crippen LogP contribution in [0.5, 0.6) is 11.5 Å². The zero-order chi connectivity index (χ0) is 29.1. The quantitative estimate of drug-likeness (QED) is 0.114. The Bertz CT molecular complexity index is 1370. The molecule has 40 heavy (non-hydrogen) atoms. The number of nitro benzene ring substituents is 1. The molecule has 3 aromatic rings. The summed E-state index contributed by atoms with van der Waals surface area (Å²) in [5, 5.41) is 12.9. The van der Waals surface area contributed by atoms with E-state index in [1.54, 1.807) is 54.7 Å². The lowest BCUT2D eigenvalue weighted by Crippen LogP contribution is -2.43. The van der Waals surface area contributed by atoms with Crippen LogP contribution in [0.15, 0.2) is 72.6 Å². The lowest BCUT2D eigenvalue weighted by Gasteiger charge is -2.27. The first-order chi connectivity index (χ1) is 19.2. The zero-order valence-electron chi connectivity index (χ0n) is 22.9. The van der Waals surface area contributed by atoms with E-state index in [9.17, 15) is 19.7 Å². The highest BCUT2D eigenvalue weighted by atomic mass is 32.1. The molecule has 0 radical (unpaired) electrons. The van der Waals surface area contributed by atoms with Crippen LogP contribution in [-0.2, 0) is 22.6 Å². The number of methoxy groups -OCH3 is 2. The summed E-state index contributed by atoms with van der Waals surface area (Å²) in [4.78, 5) is 41.2. The van der Waals surface area contributed by atoms with Gasteiger partial charge in [0.15, 0.2) is 11.5 Å². The molecule has 3 rings (SSSR count).